The van der Waals surface area contributed by atoms with E-state index in [1.54, 1.807) is 16.0 Å². The average Bonchev–Trinajstić information content (AvgIpc) is 3.45. The average molecular weight is 425 g/mol. The van der Waals surface area contributed by atoms with Crippen molar-refractivity contribution >= 4 is 17.2 Å². The molecule has 0 unspecified atom stereocenters. The van der Waals surface area contributed by atoms with E-state index in [-0.39, 0.29) is 11.9 Å². The Morgan fingerprint density at radius 1 is 1.17 bits per heavy atom. The van der Waals surface area contributed by atoms with Crippen molar-refractivity contribution in [2.75, 3.05) is 32.8 Å². The summed E-state index contributed by atoms with van der Waals surface area (Å²) in [5.74, 6) is 0.353. The van der Waals surface area contributed by atoms with Gasteiger partial charge in [0.05, 0.1) is 29.3 Å². The molecule has 1 atom stereocenters. The summed E-state index contributed by atoms with van der Waals surface area (Å²) in [6.07, 6.45) is 1.83. The standard InChI is InChI=1S/C23H28N4O2S/c1-17(2)20(26-10-12-29-13-11-26)15-24-23(28)19-16-27(18-7-4-3-5-8-18)25-22(19)21-9-6-14-30-21/h3-9,14,16-17,20H,10-13,15H2,1-2H3,(H,24,28)/t20-/m1/s1. The van der Waals surface area contributed by atoms with Crippen molar-refractivity contribution in [3.63, 3.8) is 0 Å². The van der Waals surface area contributed by atoms with Gasteiger partial charge in [-0.15, -0.1) is 11.3 Å². The first-order chi connectivity index (χ1) is 14.6. The lowest BCUT2D eigenvalue weighted by Gasteiger charge is -2.36. The van der Waals surface area contributed by atoms with Crippen LogP contribution in [0.1, 0.15) is 24.2 Å². The zero-order valence-corrected chi connectivity index (χ0v) is 18.3. The maximum Gasteiger partial charge on any atom is 0.255 e. The fraction of sp³-hybridized carbons (Fsp3) is 0.391. The van der Waals surface area contributed by atoms with Crippen molar-refractivity contribution in [1.82, 2.24) is 20.0 Å². The van der Waals surface area contributed by atoms with Gasteiger partial charge in [-0.2, -0.15) is 5.10 Å². The number of hydrogen-bond acceptors (Lipinski definition) is 5. The van der Waals surface area contributed by atoms with Crippen LogP contribution in [-0.2, 0) is 4.74 Å². The molecule has 30 heavy (non-hydrogen) atoms. The molecule has 2 aromatic heterocycles. The van der Waals surface area contributed by atoms with E-state index in [9.17, 15) is 4.79 Å². The highest BCUT2D eigenvalue weighted by Crippen LogP contribution is 2.28. The molecule has 1 aromatic carbocycles. The second-order valence-electron chi connectivity index (χ2n) is 7.82. The predicted octanol–water partition coefficient (Wildman–Crippen LogP) is 3.69. The number of thiophene rings is 1. The van der Waals surface area contributed by atoms with Gasteiger partial charge >= 0.3 is 0 Å². The quantitative estimate of drug-likeness (QED) is 0.629. The second-order valence-corrected chi connectivity index (χ2v) is 8.77. The van der Waals surface area contributed by atoms with Crippen molar-refractivity contribution in [3.8, 4) is 16.3 Å². The molecule has 7 heteroatoms. The number of nitrogens with one attached hydrogen (secondary N) is 1. The lowest BCUT2D eigenvalue weighted by molar-refractivity contribution is 0.00673. The van der Waals surface area contributed by atoms with Crippen LogP contribution in [0.2, 0.25) is 0 Å². The molecule has 0 saturated carbocycles. The minimum atomic E-state index is -0.0838. The molecule has 0 radical (unpaired) electrons. The summed E-state index contributed by atoms with van der Waals surface area (Å²) in [5.41, 5.74) is 2.26. The van der Waals surface area contributed by atoms with Crippen molar-refractivity contribution in [1.29, 1.82) is 0 Å². The number of aromatic nitrogens is 2. The van der Waals surface area contributed by atoms with E-state index < -0.39 is 0 Å². The summed E-state index contributed by atoms with van der Waals surface area (Å²) in [4.78, 5) is 16.6. The Morgan fingerprint density at radius 2 is 1.93 bits per heavy atom. The molecule has 4 rings (SSSR count). The molecule has 1 fully saturated rings. The summed E-state index contributed by atoms with van der Waals surface area (Å²) in [5, 5.41) is 9.92. The van der Waals surface area contributed by atoms with Gasteiger partial charge in [0.15, 0.2) is 0 Å². The topological polar surface area (TPSA) is 59.4 Å². The third-order valence-electron chi connectivity index (χ3n) is 5.49. The summed E-state index contributed by atoms with van der Waals surface area (Å²) in [7, 11) is 0. The molecular weight excluding hydrogens is 396 g/mol. The molecule has 1 aliphatic heterocycles. The van der Waals surface area contributed by atoms with E-state index in [1.165, 1.54) is 0 Å². The number of morpholine rings is 1. The number of hydrogen-bond donors (Lipinski definition) is 1. The Bertz CT molecular complexity index is 947. The Labute approximate surface area is 181 Å². The van der Waals surface area contributed by atoms with Gasteiger partial charge in [0.1, 0.15) is 5.69 Å². The molecule has 0 spiro atoms. The first-order valence-corrected chi connectivity index (χ1v) is 11.3. The van der Waals surface area contributed by atoms with Crippen LogP contribution in [0.4, 0.5) is 0 Å². The van der Waals surface area contributed by atoms with Gasteiger partial charge < -0.3 is 10.1 Å². The van der Waals surface area contributed by atoms with Gasteiger partial charge in [-0.3, -0.25) is 9.69 Å². The minimum absolute atomic E-state index is 0.0838. The molecule has 158 valence electrons. The van der Waals surface area contributed by atoms with Crippen LogP contribution in [0.3, 0.4) is 0 Å². The monoisotopic (exact) mass is 424 g/mol. The van der Waals surface area contributed by atoms with Crippen LogP contribution in [0.5, 0.6) is 0 Å². The zero-order valence-electron chi connectivity index (χ0n) is 17.5. The van der Waals surface area contributed by atoms with Crippen molar-refractivity contribution in [3.05, 3.63) is 59.6 Å². The number of amides is 1. The Hall–Kier alpha value is -2.48. The summed E-state index contributed by atoms with van der Waals surface area (Å²) < 4.78 is 7.27. The lowest BCUT2D eigenvalue weighted by atomic mass is 10.0. The second kappa shape index (κ2) is 9.55. The fourth-order valence-electron chi connectivity index (χ4n) is 3.84. The first-order valence-electron chi connectivity index (χ1n) is 10.4. The molecule has 3 heterocycles. The van der Waals surface area contributed by atoms with Crippen LogP contribution >= 0.6 is 11.3 Å². The molecule has 1 aliphatic rings. The summed E-state index contributed by atoms with van der Waals surface area (Å²) >= 11 is 1.59. The molecule has 0 bridgehead atoms. The number of rotatable bonds is 7. The highest BCUT2D eigenvalue weighted by atomic mass is 32.1. The Kier molecular flexibility index (Phi) is 6.62. The van der Waals surface area contributed by atoms with Gasteiger partial charge in [0.25, 0.3) is 5.91 Å². The van der Waals surface area contributed by atoms with Crippen LogP contribution in [-0.4, -0.2) is 59.5 Å². The van der Waals surface area contributed by atoms with Crippen LogP contribution < -0.4 is 5.32 Å². The Morgan fingerprint density at radius 3 is 2.60 bits per heavy atom. The van der Waals surface area contributed by atoms with Gasteiger partial charge in [0.2, 0.25) is 0 Å². The number of carbonyl (C=O) groups is 1. The number of benzene rings is 1. The van der Waals surface area contributed by atoms with E-state index in [0.29, 0.717) is 18.0 Å². The Balaban J connectivity index is 1.56. The molecule has 3 aromatic rings. The normalized spacial score (nSPS) is 16.0. The van der Waals surface area contributed by atoms with Crippen LogP contribution in [0, 0.1) is 5.92 Å². The third-order valence-corrected chi connectivity index (χ3v) is 6.37. The molecule has 6 nitrogen and oxygen atoms in total. The van der Waals surface area contributed by atoms with E-state index in [1.807, 2.05) is 54.0 Å². The third kappa shape index (κ3) is 4.64. The van der Waals surface area contributed by atoms with Crippen molar-refractivity contribution < 1.29 is 9.53 Å². The van der Waals surface area contributed by atoms with E-state index >= 15 is 0 Å². The molecule has 0 aliphatic carbocycles. The van der Waals surface area contributed by atoms with E-state index in [2.05, 4.69) is 24.1 Å². The number of ether oxygens (including phenoxy) is 1. The molecule has 1 amide bonds. The summed E-state index contributed by atoms with van der Waals surface area (Å²) in [6, 6.07) is 14.2. The number of carbonyl (C=O) groups excluding carboxylic acids is 1. The van der Waals surface area contributed by atoms with Gasteiger partial charge in [-0.1, -0.05) is 38.1 Å². The fourth-order valence-corrected chi connectivity index (χ4v) is 4.56. The molecule has 1 saturated heterocycles. The maximum absolute atomic E-state index is 13.2. The molecular formula is C23H28N4O2S. The highest BCUT2D eigenvalue weighted by molar-refractivity contribution is 7.13. The van der Waals surface area contributed by atoms with Crippen LogP contribution in [0.15, 0.2) is 54.0 Å². The van der Waals surface area contributed by atoms with Crippen molar-refractivity contribution in [2.24, 2.45) is 5.92 Å². The lowest BCUT2D eigenvalue weighted by Crippen LogP contribution is -2.51. The minimum Gasteiger partial charge on any atom is -0.379 e. The van der Waals surface area contributed by atoms with E-state index in [0.717, 1.165) is 42.6 Å². The predicted molar refractivity (Wildman–Crippen MR) is 120 cm³/mol. The van der Waals surface area contributed by atoms with Crippen molar-refractivity contribution in [2.45, 2.75) is 19.9 Å². The number of nitrogens with zero attached hydrogens (tertiary/aromatic N) is 3. The highest BCUT2D eigenvalue weighted by Gasteiger charge is 2.26. The largest absolute Gasteiger partial charge is 0.379 e. The first kappa shape index (κ1) is 20.8. The zero-order chi connectivity index (χ0) is 20.9. The van der Waals surface area contributed by atoms with Crippen LogP contribution in [0.25, 0.3) is 16.3 Å². The van der Waals surface area contributed by atoms with Gasteiger partial charge in [0, 0.05) is 31.9 Å². The maximum atomic E-state index is 13.2. The van der Waals surface area contributed by atoms with Gasteiger partial charge in [-0.25, -0.2) is 4.68 Å². The SMILES string of the molecule is CC(C)[C@@H](CNC(=O)c1cn(-c2ccccc2)nc1-c1cccs1)N1CCOCC1. The van der Waals surface area contributed by atoms with Gasteiger partial charge in [-0.05, 0) is 29.5 Å². The van der Waals surface area contributed by atoms with E-state index in [4.69, 9.17) is 9.84 Å². The number of para-hydroxylation sites is 1. The smallest absolute Gasteiger partial charge is 0.255 e. The summed E-state index contributed by atoms with van der Waals surface area (Å²) in [6.45, 7) is 8.34. The molecule has 1 N–H and O–H groups in total.